The molecular formula is C19H21FN2O2S. The van der Waals surface area contributed by atoms with Crippen LogP contribution in [0.3, 0.4) is 0 Å². The summed E-state index contributed by atoms with van der Waals surface area (Å²) < 4.78 is 40.9. The summed E-state index contributed by atoms with van der Waals surface area (Å²) >= 11 is 0. The Kier molecular flexibility index (Phi) is 4.35. The van der Waals surface area contributed by atoms with Gasteiger partial charge in [0.15, 0.2) is 0 Å². The minimum absolute atomic E-state index is 0.190. The minimum atomic E-state index is -3.77. The van der Waals surface area contributed by atoms with E-state index in [4.69, 9.17) is 0 Å². The van der Waals surface area contributed by atoms with Crippen molar-refractivity contribution in [2.24, 2.45) is 0 Å². The van der Waals surface area contributed by atoms with Gasteiger partial charge in [0, 0.05) is 32.2 Å². The number of hydrogen-bond acceptors (Lipinski definition) is 3. The van der Waals surface area contributed by atoms with Gasteiger partial charge in [0.1, 0.15) is 10.7 Å². The Balaban J connectivity index is 1.50. The van der Waals surface area contributed by atoms with Gasteiger partial charge in [0.25, 0.3) is 0 Å². The van der Waals surface area contributed by atoms with E-state index in [1.807, 2.05) is 6.07 Å². The van der Waals surface area contributed by atoms with Crippen molar-refractivity contribution in [3.63, 3.8) is 0 Å². The van der Waals surface area contributed by atoms with E-state index in [1.165, 1.54) is 33.6 Å². The van der Waals surface area contributed by atoms with Crippen LogP contribution >= 0.6 is 0 Å². The summed E-state index contributed by atoms with van der Waals surface area (Å²) in [5.41, 5.74) is 2.71. The molecule has 0 aromatic heterocycles. The maximum absolute atomic E-state index is 13.9. The molecule has 6 heteroatoms. The standard InChI is InChI=1S/C19H21FN2O2S/c20-18-7-3-4-8-19(18)25(23,24)22-12-10-17(14-22)21-11-9-15-5-1-2-6-16(15)13-21/h1-8,17H,9-14H2. The topological polar surface area (TPSA) is 40.6 Å². The van der Waals surface area contributed by atoms with Crippen LogP contribution in [0.25, 0.3) is 0 Å². The van der Waals surface area contributed by atoms with Gasteiger partial charge in [-0.1, -0.05) is 36.4 Å². The summed E-state index contributed by atoms with van der Waals surface area (Å²) in [4.78, 5) is 2.14. The zero-order chi connectivity index (χ0) is 17.4. The van der Waals surface area contributed by atoms with E-state index >= 15 is 0 Å². The Morgan fingerprint density at radius 2 is 1.68 bits per heavy atom. The number of nitrogens with zero attached hydrogens (tertiary/aromatic N) is 2. The van der Waals surface area contributed by atoms with E-state index in [0.29, 0.717) is 13.1 Å². The summed E-state index contributed by atoms with van der Waals surface area (Å²) in [5.74, 6) is -0.683. The predicted molar refractivity (Wildman–Crippen MR) is 94.1 cm³/mol. The number of rotatable bonds is 3. The van der Waals surface area contributed by atoms with Crippen molar-refractivity contribution in [3.8, 4) is 0 Å². The highest BCUT2D eigenvalue weighted by Crippen LogP contribution is 2.28. The van der Waals surface area contributed by atoms with Gasteiger partial charge in [-0.05, 0) is 36.1 Å². The number of sulfonamides is 1. The van der Waals surface area contributed by atoms with E-state index in [1.54, 1.807) is 6.07 Å². The highest BCUT2D eigenvalue weighted by atomic mass is 32.2. The van der Waals surface area contributed by atoms with E-state index < -0.39 is 15.8 Å². The highest BCUT2D eigenvalue weighted by Gasteiger charge is 2.37. The number of halogens is 1. The second-order valence-corrected chi connectivity index (χ2v) is 8.63. The molecule has 0 bridgehead atoms. The Morgan fingerprint density at radius 3 is 2.48 bits per heavy atom. The molecule has 1 atom stereocenters. The second-order valence-electron chi connectivity index (χ2n) is 6.73. The third-order valence-corrected chi connectivity index (χ3v) is 7.16. The molecular weight excluding hydrogens is 339 g/mol. The van der Waals surface area contributed by atoms with Gasteiger partial charge in [-0.15, -0.1) is 0 Å². The van der Waals surface area contributed by atoms with Crippen molar-refractivity contribution < 1.29 is 12.8 Å². The molecule has 1 unspecified atom stereocenters. The minimum Gasteiger partial charge on any atom is -0.294 e. The second kappa shape index (κ2) is 6.52. The van der Waals surface area contributed by atoms with Gasteiger partial charge in [-0.3, -0.25) is 4.90 Å². The van der Waals surface area contributed by atoms with Gasteiger partial charge in [-0.2, -0.15) is 4.31 Å². The molecule has 2 aromatic rings. The fraction of sp³-hybridized carbons (Fsp3) is 0.368. The Bertz CT molecular complexity index is 884. The van der Waals surface area contributed by atoms with Crippen LogP contribution in [-0.4, -0.2) is 43.3 Å². The van der Waals surface area contributed by atoms with E-state index in [0.717, 1.165) is 25.9 Å². The lowest BCUT2D eigenvalue weighted by Gasteiger charge is -2.33. The first-order valence-corrected chi connectivity index (χ1v) is 10.1. The summed E-state index contributed by atoms with van der Waals surface area (Å²) in [6, 6.07) is 14.2. The fourth-order valence-electron chi connectivity index (χ4n) is 3.85. The SMILES string of the molecule is O=S(=O)(c1ccccc1F)N1CCC(N2CCc3ccccc3C2)C1. The molecule has 132 valence electrons. The van der Waals surface area contributed by atoms with Crippen molar-refractivity contribution in [3.05, 3.63) is 65.5 Å². The van der Waals surface area contributed by atoms with Crippen LogP contribution in [0.5, 0.6) is 0 Å². The number of fused-ring (bicyclic) bond motifs is 1. The van der Waals surface area contributed by atoms with Gasteiger partial charge < -0.3 is 0 Å². The quantitative estimate of drug-likeness (QED) is 0.845. The molecule has 1 saturated heterocycles. The first-order chi connectivity index (χ1) is 12.1. The molecule has 4 nitrogen and oxygen atoms in total. The largest absolute Gasteiger partial charge is 0.294 e. The molecule has 2 aliphatic rings. The van der Waals surface area contributed by atoms with Crippen molar-refractivity contribution >= 4 is 10.0 Å². The molecule has 2 aliphatic heterocycles. The van der Waals surface area contributed by atoms with E-state index in [9.17, 15) is 12.8 Å². The van der Waals surface area contributed by atoms with Crippen LogP contribution in [0, 0.1) is 5.82 Å². The van der Waals surface area contributed by atoms with Crippen LogP contribution in [0.15, 0.2) is 53.4 Å². The smallest absolute Gasteiger partial charge is 0.246 e. The third kappa shape index (κ3) is 3.10. The van der Waals surface area contributed by atoms with Crippen LogP contribution in [0.4, 0.5) is 4.39 Å². The van der Waals surface area contributed by atoms with Crippen LogP contribution in [-0.2, 0) is 23.0 Å². The lowest BCUT2D eigenvalue weighted by atomic mass is 9.98. The van der Waals surface area contributed by atoms with Crippen molar-refractivity contribution in [2.45, 2.75) is 30.3 Å². The fourth-order valence-corrected chi connectivity index (χ4v) is 5.41. The molecule has 0 spiro atoms. The molecule has 4 rings (SSSR count). The number of benzene rings is 2. The molecule has 0 radical (unpaired) electrons. The lowest BCUT2D eigenvalue weighted by molar-refractivity contribution is 0.185. The third-order valence-electron chi connectivity index (χ3n) is 5.26. The molecule has 1 fully saturated rings. The molecule has 0 N–H and O–H groups in total. The van der Waals surface area contributed by atoms with Crippen molar-refractivity contribution in [1.82, 2.24) is 9.21 Å². The van der Waals surface area contributed by atoms with Crippen LogP contribution in [0.1, 0.15) is 17.5 Å². The number of hydrogen-bond donors (Lipinski definition) is 0. The summed E-state index contributed by atoms with van der Waals surface area (Å²) in [5, 5.41) is 0. The highest BCUT2D eigenvalue weighted by molar-refractivity contribution is 7.89. The molecule has 2 aromatic carbocycles. The maximum Gasteiger partial charge on any atom is 0.246 e. The Labute approximate surface area is 147 Å². The monoisotopic (exact) mass is 360 g/mol. The normalized spacial score (nSPS) is 22.0. The predicted octanol–water partition coefficient (Wildman–Crippen LogP) is 2.65. The van der Waals surface area contributed by atoms with E-state index in [2.05, 4.69) is 23.1 Å². The van der Waals surface area contributed by atoms with Crippen molar-refractivity contribution in [1.29, 1.82) is 0 Å². The van der Waals surface area contributed by atoms with Crippen LogP contribution in [0.2, 0.25) is 0 Å². The van der Waals surface area contributed by atoms with Crippen molar-refractivity contribution in [2.75, 3.05) is 19.6 Å². The van der Waals surface area contributed by atoms with Gasteiger partial charge in [-0.25, -0.2) is 12.8 Å². The molecule has 25 heavy (non-hydrogen) atoms. The average molecular weight is 360 g/mol. The molecule has 0 amide bonds. The summed E-state index contributed by atoms with van der Waals surface area (Å²) in [7, 11) is -3.77. The Hall–Kier alpha value is -1.76. The molecule has 0 saturated carbocycles. The average Bonchev–Trinajstić information content (AvgIpc) is 3.12. The first-order valence-electron chi connectivity index (χ1n) is 8.61. The summed E-state index contributed by atoms with van der Waals surface area (Å²) in [6.45, 7) is 2.67. The molecule has 2 heterocycles. The Morgan fingerprint density at radius 1 is 0.960 bits per heavy atom. The zero-order valence-electron chi connectivity index (χ0n) is 13.9. The molecule has 0 aliphatic carbocycles. The van der Waals surface area contributed by atoms with Crippen LogP contribution < -0.4 is 0 Å². The zero-order valence-corrected chi connectivity index (χ0v) is 14.8. The maximum atomic E-state index is 13.9. The lowest BCUT2D eigenvalue weighted by Crippen LogP contribution is -2.41. The van der Waals surface area contributed by atoms with E-state index in [-0.39, 0.29) is 10.9 Å². The van der Waals surface area contributed by atoms with Gasteiger partial charge in [0.2, 0.25) is 10.0 Å². The van der Waals surface area contributed by atoms with Gasteiger partial charge >= 0.3 is 0 Å². The first kappa shape index (κ1) is 16.7. The summed E-state index contributed by atoms with van der Waals surface area (Å²) in [6.07, 6.45) is 1.78. The van der Waals surface area contributed by atoms with Gasteiger partial charge in [0.05, 0.1) is 0 Å².